The molecule has 0 spiro atoms. The Kier molecular flexibility index (Phi) is 7.56. The molecule has 0 aliphatic rings. The fraction of sp³-hybridized carbons (Fsp3) is 0.286. The molecule has 0 aliphatic heterocycles. The van der Waals surface area contributed by atoms with Crippen molar-refractivity contribution in [1.29, 1.82) is 0 Å². The molecule has 0 radical (unpaired) electrons. The number of hydrogen-bond donors (Lipinski definition) is 1. The summed E-state index contributed by atoms with van der Waals surface area (Å²) in [6.45, 7) is 6.71. The largest absolute Gasteiger partial charge is 0.490 e. The number of hydrogen-bond acceptors (Lipinski definition) is 5. The Bertz CT molecular complexity index is 864. The number of non-ortho nitro benzene ring substituents is 1. The molecule has 0 bridgehead atoms. The van der Waals surface area contributed by atoms with Gasteiger partial charge >= 0.3 is 0 Å². The van der Waals surface area contributed by atoms with Crippen molar-refractivity contribution in [2.24, 2.45) is 0 Å². The first kappa shape index (κ1) is 21.0. The van der Waals surface area contributed by atoms with Crippen LogP contribution in [0.2, 0.25) is 0 Å². The molecule has 2 rings (SSSR count). The van der Waals surface area contributed by atoms with Gasteiger partial charge in [-0.1, -0.05) is 18.2 Å². The number of amides is 1. The number of ether oxygens (including phenoxy) is 2. The fourth-order valence-corrected chi connectivity index (χ4v) is 2.60. The summed E-state index contributed by atoms with van der Waals surface area (Å²) in [5, 5.41) is 13.7. The number of nitro groups is 1. The van der Waals surface area contributed by atoms with Crippen molar-refractivity contribution in [3.63, 3.8) is 0 Å². The Morgan fingerprint density at radius 2 is 1.86 bits per heavy atom. The smallest absolute Gasteiger partial charge is 0.270 e. The van der Waals surface area contributed by atoms with E-state index in [4.69, 9.17) is 9.47 Å². The van der Waals surface area contributed by atoms with Gasteiger partial charge < -0.3 is 14.8 Å². The molecule has 0 saturated carbocycles. The average Bonchev–Trinajstić information content (AvgIpc) is 2.68. The molecule has 1 unspecified atom stereocenters. The Labute approximate surface area is 164 Å². The molecule has 1 amide bonds. The molecule has 2 aromatic carbocycles. The third-order valence-corrected chi connectivity index (χ3v) is 3.93. The van der Waals surface area contributed by atoms with Crippen molar-refractivity contribution in [3.8, 4) is 11.5 Å². The minimum Gasteiger partial charge on any atom is -0.490 e. The molecular weight excluding hydrogens is 360 g/mol. The van der Waals surface area contributed by atoms with Crippen molar-refractivity contribution < 1.29 is 19.2 Å². The van der Waals surface area contributed by atoms with Gasteiger partial charge in [0.25, 0.3) is 5.69 Å². The fourth-order valence-electron chi connectivity index (χ4n) is 2.60. The second-order valence-electron chi connectivity index (χ2n) is 5.99. The normalized spacial score (nSPS) is 11.8. The maximum absolute atomic E-state index is 12.2. The van der Waals surface area contributed by atoms with Crippen LogP contribution in [-0.2, 0) is 4.79 Å². The van der Waals surface area contributed by atoms with Crippen LogP contribution in [0.3, 0.4) is 0 Å². The van der Waals surface area contributed by atoms with Gasteiger partial charge in [-0.2, -0.15) is 0 Å². The topological polar surface area (TPSA) is 90.7 Å². The predicted molar refractivity (Wildman–Crippen MR) is 107 cm³/mol. The summed E-state index contributed by atoms with van der Waals surface area (Å²) in [4.78, 5) is 22.6. The van der Waals surface area contributed by atoms with Gasteiger partial charge in [-0.15, -0.1) is 0 Å². The van der Waals surface area contributed by atoms with Gasteiger partial charge in [-0.3, -0.25) is 14.9 Å². The maximum atomic E-state index is 12.2. The van der Waals surface area contributed by atoms with Crippen LogP contribution in [0.5, 0.6) is 11.5 Å². The molecular formula is C21H24N2O5. The first-order valence-corrected chi connectivity index (χ1v) is 9.07. The molecule has 0 aliphatic carbocycles. The zero-order valence-electron chi connectivity index (χ0n) is 16.2. The quantitative estimate of drug-likeness (QED) is 0.396. The molecule has 2 aromatic rings. The van der Waals surface area contributed by atoms with Crippen LogP contribution >= 0.6 is 0 Å². The molecule has 0 saturated heterocycles. The number of nitrogens with zero attached hydrogens (tertiary/aromatic N) is 1. The van der Waals surface area contributed by atoms with E-state index in [1.165, 1.54) is 18.2 Å². The van der Waals surface area contributed by atoms with Crippen LogP contribution < -0.4 is 14.8 Å². The highest BCUT2D eigenvalue weighted by Gasteiger charge is 2.12. The van der Waals surface area contributed by atoms with Gasteiger partial charge in [-0.25, -0.2) is 0 Å². The number of carbonyl (C=O) groups is 1. The van der Waals surface area contributed by atoms with E-state index in [2.05, 4.69) is 5.32 Å². The summed E-state index contributed by atoms with van der Waals surface area (Å²) in [5.74, 6) is 0.998. The van der Waals surface area contributed by atoms with E-state index >= 15 is 0 Å². The Morgan fingerprint density at radius 3 is 2.54 bits per heavy atom. The van der Waals surface area contributed by atoms with E-state index in [1.807, 2.05) is 39.0 Å². The summed E-state index contributed by atoms with van der Waals surface area (Å²) in [5.41, 5.74) is 1.44. The van der Waals surface area contributed by atoms with Crippen LogP contribution in [0.25, 0.3) is 6.08 Å². The predicted octanol–water partition coefficient (Wildman–Crippen LogP) is 4.28. The minimum absolute atomic E-state index is 0.0197. The third-order valence-electron chi connectivity index (χ3n) is 3.93. The van der Waals surface area contributed by atoms with Crippen molar-refractivity contribution in [1.82, 2.24) is 5.32 Å². The van der Waals surface area contributed by atoms with Crippen molar-refractivity contribution in [3.05, 3.63) is 69.8 Å². The van der Waals surface area contributed by atoms with Crippen LogP contribution in [0.1, 0.15) is 37.9 Å². The molecule has 7 nitrogen and oxygen atoms in total. The second kappa shape index (κ2) is 10.1. The number of nitrogens with one attached hydrogen (secondary N) is 1. The number of rotatable bonds is 9. The van der Waals surface area contributed by atoms with Gasteiger partial charge in [0.05, 0.1) is 24.2 Å². The summed E-state index contributed by atoms with van der Waals surface area (Å²) in [7, 11) is 0. The Balaban J connectivity index is 2.06. The average molecular weight is 384 g/mol. The SMILES string of the molecule is CCOc1ccc(C(C)NC(=O)C=Cc2cccc([N+](=O)[O-])c2)cc1OCC. The lowest BCUT2D eigenvalue weighted by atomic mass is 10.1. The van der Waals surface area contributed by atoms with Gasteiger partial charge in [0.15, 0.2) is 11.5 Å². The van der Waals surface area contributed by atoms with Gasteiger partial charge in [0.1, 0.15) is 0 Å². The van der Waals surface area contributed by atoms with Crippen molar-refractivity contribution in [2.75, 3.05) is 13.2 Å². The Hall–Kier alpha value is -3.35. The van der Waals surface area contributed by atoms with Gasteiger partial charge in [-0.05, 0) is 50.1 Å². The third kappa shape index (κ3) is 5.84. The summed E-state index contributed by atoms with van der Waals surface area (Å²) in [6, 6.07) is 11.4. The number of carbonyl (C=O) groups excluding carboxylic acids is 1. The van der Waals surface area contributed by atoms with Crippen molar-refractivity contribution in [2.45, 2.75) is 26.8 Å². The highest BCUT2D eigenvalue weighted by Crippen LogP contribution is 2.30. The van der Waals surface area contributed by atoms with Crippen LogP contribution in [0.15, 0.2) is 48.5 Å². The molecule has 0 aromatic heterocycles. The van der Waals surface area contributed by atoms with Gasteiger partial charge in [0, 0.05) is 18.2 Å². The van der Waals surface area contributed by atoms with Crippen molar-refractivity contribution >= 4 is 17.7 Å². The summed E-state index contributed by atoms with van der Waals surface area (Å²) < 4.78 is 11.2. The van der Waals surface area contributed by atoms with Crippen LogP contribution in [0, 0.1) is 10.1 Å². The van der Waals surface area contributed by atoms with Gasteiger partial charge in [0.2, 0.25) is 5.91 Å². The lowest BCUT2D eigenvalue weighted by molar-refractivity contribution is -0.384. The molecule has 1 atom stereocenters. The minimum atomic E-state index is -0.471. The molecule has 7 heteroatoms. The van der Waals surface area contributed by atoms with E-state index in [0.29, 0.717) is 30.3 Å². The molecule has 148 valence electrons. The molecule has 0 heterocycles. The highest BCUT2D eigenvalue weighted by molar-refractivity contribution is 5.92. The standard InChI is InChI=1S/C21H24N2O5/c1-4-27-19-11-10-17(14-20(19)28-5-2)15(3)22-21(24)12-9-16-7-6-8-18(13-16)23(25)26/h6-15H,4-5H2,1-3H3,(H,22,24). The van der Waals surface area contributed by atoms with E-state index in [-0.39, 0.29) is 17.6 Å². The monoisotopic (exact) mass is 384 g/mol. The molecule has 0 fully saturated rings. The molecule has 1 N–H and O–H groups in total. The second-order valence-corrected chi connectivity index (χ2v) is 5.99. The first-order valence-electron chi connectivity index (χ1n) is 9.07. The number of nitro benzene ring substituents is 1. The van der Waals surface area contributed by atoms with Crippen LogP contribution in [0.4, 0.5) is 5.69 Å². The highest BCUT2D eigenvalue weighted by atomic mass is 16.6. The zero-order valence-corrected chi connectivity index (χ0v) is 16.2. The molecule has 28 heavy (non-hydrogen) atoms. The van der Waals surface area contributed by atoms with E-state index in [0.717, 1.165) is 5.56 Å². The lowest BCUT2D eigenvalue weighted by Crippen LogP contribution is -2.24. The first-order chi connectivity index (χ1) is 13.4. The van der Waals surface area contributed by atoms with Crippen LogP contribution in [-0.4, -0.2) is 24.0 Å². The Morgan fingerprint density at radius 1 is 1.14 bits per heavy atom. The summed E-state index contributed by atoms with van der Waals surface area (Å²) >= 11 is 0. The number of benzene rings is 2. The van der Waals surface area contributed by atoms with E-state index in [9.17, 15) is 14.9 Å². The summed E-state index contributed by atoms with van der Waals surface area (Å²) in [6.07, 6.45) is 2.90. The maximum Gasteiger partial charge on any atom is 0.270 e. The lowest BCUT2D eigenvalue weighted by Gasteiger charge is -2.17. The zero-order chi connectivity index (χ0) is 20.5. The van der Waals surface area contributed by atoms with E-state index < -0.39 is 4.92 Å². The van der Waals surface area contributed by atoms with E-state index in [1.54, 1.807) is 18.2 Å².